The van der Waals surface area contributed by atoms with Crippen molar-refractivity contribution in [3.8, 4) is 0 Å². The van der Waals surface area contributed by atoms with Crippen molar-refractivity contribution >= 4 is 11.8 Å². The first-order valence-electron chi connectivity index (χ1n) is 6.89. The second kappa shape index (κ2) is 12.8. The van der Waals surface area contributed by atoms with E-state index >= 15 is 0 Å². The van der Waals surface area contributed by atoms with Crippen molar-refractivity contribution in [2.24, 2.45) is 5.18 Å². The predicted octanol–water partition coefficient (Wildman–Crippen LogP) is -1.78. The summed E-state index contributed by atoms with van der Waals surface area (Å²) in [6, 6.07) is -1.39. The van der Waals surface area contributed by atoms with Gasteiger partial charge in [0.25, 0.3) is 0 Å². The average molecular weight is 336 g/mol. The van der Waals surface area contributed by atoms with Crippen molar-refractivity contribution < 1.29 is 24.3 Å². The predicted molar refractivity (Wildman–Crippen MR) is 78.8 cm³/mol. The van der Waals surface area contributed by atoms with E-state index in [9.17, 15) is 14.5 Å². The topological polar surface area (TPSA) is 151 Å². The largest absolute Gasteiger partial charge is 0.332 e. The van der Waals surface area contributed by atoms with Gasteiger partial charge in [0.05, 0.1) is 0 Å². The Bertz CT molecular complexity index is 371. The SMILES string of the molecule is CNCONC(C)C(=O)NC(C)OONC(C)C(=O)NCN=O. The summed E-state index contributed by atoms with van der Waals surface area (Å²) >= 11 is 0. The zero-order valence-electron chi connectivity index (χ0n) is 13.5. The molecule has 0 rings (SSSR count). The molecule has 0 aromatic rings. The Hall–Kier alpha value is -1.70. The first-order valence-corrected chi connectivity index (χ1v) is 6.89. The van der Waals surface area contributed by atoms with Crippen LogP contribution in [0.2, 0.25) is 0 Å². The van der Waals surface area contributed by atoms with Crippen LogP contribution < -0.4 is 26.9 Å². The third kappa shape index (κ3) is 10.6. The molecule has 3 unspecified atom stereocenters. The van der Waals surface area contributed by atoms with Gasteiger partial charge in [-0.15, -0.1) is 9.90 Å². The van der Waals surface area contributed by atoms with Gasteiger partial charge >= 0.3 is 0 Å². The van der Waals surface area contributed by atoms with Crippen LogP contribution in [0.15, 0.2) is 5.18 Å². The number of nitrogens with zero attached hydrogens (tertiary/aromatic N) is 1. The molecule has 0 fully saturated rings. The summed E-state index contributed by atoms with van der Waals surface area (Å²) in [7, 11) is 1.70. The van der Waals surface area contributed by atoms with E-state index in [-0.39, 0.29) is 19.3 Å². The summed E-state index contributed by atoms with van der Waals surface area (Å²) in [6.07, 6.45) is -0.782. The number of nitrogens with one attached hydrogen (secondary N) is 5. The lowest BCUT2D eigenvalue weighted by atomic mass is 10.3. The summed E-state index contributed by atoms with van der Waals surface area (Å²) in [6.45, 7) is 4.53. The highest BCUT2D eigenvalue weighted by atomic mass is 17.3. The van der Waals surface area contributed by atoms with Crippen LogP contribution >= 0.6 is 0 Å². The minimum absolute atomic E-state index is 0.246. The lowest BCUT2D eigenvalue weighted by molar-refractivity contribution is -0.366. The van der Waals surface area contributed by atoms with Gasteiger partial charge in [-0.1, -0.05) is 0 Å². The highest BCUT2D eigenvalue weighted by Gasteiger charge is 2.17. The van der Waals surface area contributed by atoms with Crippen molar-refractivity contribution in [3.05, 3.63) is 4.91 Å². The molecule has 0 radical (unpaired) electrons. The van der Waals surface area contributed by atoms with E-state index in [1.54, 1.807) is 14.0 Å². The molecular weight excluding hydrogens is 312 g/mol. The number of hydroxylamine groups is 2. The summed E-state index contributed by atoms with van der Waals surface area (Å²) in [5.41, 5.74) is 4.81. The summed E-state index contributed by atoms with van der Waals surface area (Å²) in [5.74, 6) is -0.871. The van der Waals surface area contributed by atoms with Crippen molar-refractivity contribution in [1.82, 2.24) is 26.9 Å². The fourth-order valence-electron chi connectivity index (χ4n) is 1.13. The molecule has 0 aliphatic rings. The molecule has 2 amide bonds. The maximum atomic E-state index is 11.7. The van der Waals surface area contributed by atoms with E-state index < -0.39 is 24.2 Å². The van der Waals surface area contributed by atoms with Crippen molar-refractivity contribution in [2.45, 2.75) is 39.1 Å². The minimum atomic E-state index is -0.782. The summed E-state index contributed by atoms with van der Waals surface area (Å²) < 4.78 is 0. The van der Waals surface area contributed by atoms with Gasteiger partial charge in [-0.3, -0.25) is 19.7 Å². The van der Waals surface area contributed by atoms with Crippen LogP contribution in [0.1, 0.15) is 20.8 Å². The van der Waals surface area contributed by atoms with E-state index in [4.69, 9.17) is 9.73 Å². The Balaban J connectivity index is 3.88. The fourth-order valence-corrected chi connectivity index (χ4v) is 1.13. The van der Waals surface area contributed by atoms with Gasteiger partial charge in [-0.05, 0) is 33.0 Å². The average Bonchev–Trinajstić information content (AvgIpc) is 2.52. The summed E-state index contributed by atoms with van der Waals surface area (Å²) in [4.78, 5) is 47.4. The monoisotopic (exact) mass is 336 g/mol. The molecule has 0 heterocycles. The third-order valence-corrected chi connectivity index (χ3v) is 2.34. The third-order valence-electron chi connectivity index (χ3n) is 2.34. The lowest BCUT2D eigenvalue weighted by Gasteiger charge is -2.18. The molecule has 134 valence electrons. The Morgan fingerprint density at radius 2 is 1.74 bits per heavy atom. The number of hydrogen-bond donors (Lipinski definition) is 5. The van der Waals surface area contributed by atoms with Gasteiger partial charge in [0.1, 0.15) is 18.8 Å². The lowest BCUT2D eigenvalue weighted by Crippen LogP contribution is -2.48. The number of hydrogen-bond acceptors (Lipinski definition) is 10. The second-order valence-electron chi connectivity index (χ2n) is 4.48. The fraction of sp³-hybridized carbons (Fsp3) is 0.818. The van der Waals surface area contributed by atoms with Crippen LogP contribution in [-0.2, 0) is 24.3 Å². The molecule has 23 heavy (non-hydrogen) atoms. The molecule has 0 aliphatic carbocycles. The Labute approximate surface area is 133 Å². The number of nitroso groups, excluding NO2 is 1. The maximum Gasteiger partial charge on any atom is 0.241 e. The van der Waals surface area contributed by atoms with E-state index in [2.05, 4.69) is 37.1 Å². The van der Waals surface area contributed by atoms with E-state index in [1.165, 1.54) is 13.8 Å². The van der Waals surface area contributed by atoms with Crippen LogP contribution in [0, 0.1) is 4.91 Å². The molecule has 0 saturated heterocycles. The molecule has 0 aromatic carbocycles. The first kappa shape index (κ1) is 21.3. The smallest absolute Gasteiger partial charge is 0.241 e. The van der Waals surface area contributed by atoms with Gasteiger partial charge in [0.15, 0.2) is 12.9 Å². The number of amides is 2. The highest BCUT2D eigenvalue weighted by Crippen LogP contribution is 1.91. The van der Waals surface area contributed by atoms with Crippen molar-refractivity contribution in [2.75, 3.05) is 20.4 Å². The zero-order chi connectivity index (χ0) is 17.7. The van der Waals surface area contributed by atoms with Crippen LogP contribution in [0.3, 0.4) is 0 Å². The molecule has 12 heteroatoms. The molecule has 0 bridgehead atoms. The van der Waals surface area contributed by atoms with Gasteiger partial charge in [-0.2, -0.15) is 15.8 Å². The molecule has 0 aliphatic heterocycles. The highest BCUT2D eigenvalue weighted by molar-refractivity contribution is 5.81. The molecule has 12 nitrogen and oxygen atoms in total. The van der Waals surface area contributed by atoms with Crippen LogP contribution in [0.25, 0.3) is 0 Å². The first-order chi connectivity index (χ1) is 10.9. The van der Waals surface area contributed by atoms with Gasteiger partial charge < -0.3 is 10.6 Å². The Kier molecular flexibility index (Phi) is 11.9. The van der Waals surface area contributed by atoms with E-state index in [0.717, 1.165) is 0 Å². The van der Waals surface area contributed by atoms with Gasteiger partial charge in [-0.25, -0.2) is 0 Å². The van der Waals surface area contributed by atoms with Crippen LogP contribution in [-0.4, -0.2) is 50.6 Å². The quantitative estimate of drug-likeness (QED) is 0.0863. The van der Waals surface area contributed by atoms with E-state index in [0.29, 0.717) is 0 Å². The second-order valence-corrected chi connectivity index (χ2v) is 4.48. The van der Waals surface area contributed by atoms with E-state index in [1.807, 2.05) is 0 Å². The standard InChI is InChI=1S/C11H24N6O6/c1-7(10(18)13-5-14-20)17-23-22-9(3)15-11(19)8(2)16-21-6-12-4/h7-9,12,16-17H,5-6H2,1-4H3,(H,13,18)(H,15,19). The molecule has 5 N–H and O–H groups in total. The van der Waals surface area contributed by atoms with Crippen LogP contribution in [0.4, 0.5) is 0 Å². The Morgan fingerprint density at radius 1 is 1.09 bits per heavy atom. The Morgan fingerprint density at radius 3 is 2.35 bits per heavy atom. The number of carbonyl (C=O) groups excluding carboxylic acids is 2. The van der Waals surface area contributed by atoms with Gasteiger partial charge in [0, 0.05) is 0 Å². The van der Waals surface area contributed by atoms with Crippen molar-refractivity contribution in [1.29, 1.82) is 0 Å². The van der Waals surface area contributed by atoms with Crippen LogP contribution in [0.5, 0.6) is 0 Å². The molecule has 0 saturated carbocycles. The zero-order valence-corrected chi connectivity index (χ0v) is 13.5. The van der Waals surface area contributed by atoms with Gasteiger partial charge in [0.2, 0.25) is 11.8 Å². The maximum absolute atomic E-state index is 11.7. The molecular formula is C11H24N6O6. The normalized spacial score (nSPS) is 14.6. The molecule has 0 aromatic heterocycles. The number of rotatable bonds is 13. The van der Waals surface area contributed by atoms with Crippen molar-refractivity contribution in [3.63, 3.8) is 0 Å². The number of carbonyl (C=O) groups is 2. The minimum Gasteiger partial charge on any atom is -0.332 e. The summed E-state index contributed by atoms with van der Waals surface area (Å²) in [5, 5.41) is 9.96. The molecule has 0 spiro atoms. The molecule has 3 atom stereocenters.